The van der Waals surface area contributed by atoms with Gasteiger partial charge in [0.15, 0.2) is 0 Å². The molecule has 3 rings (SSSR count). The predicted octanol–water partition coefficient (Wildman–Crippen LogP) is 5.17. The molecule has 0 aromatic heterocycles. The summed E-state index contributed by atoms with van der Waals surface area (Å²) >= 11 is 15.3. The van der Waals surface area contributed by atoms with Crippen molar-refractivity contribution in [1.82, 2.24) is 0 Å². The van der Waals surface area contributed by atoms with Gasteiger partial charge in [-0.2, -0.15) is 0 Å². The summed E-state index contributed by atoms with van der Waals surface area (Å²) in [6, 6.07) is 0. The lowest BCUT2D eigenvalue weighted by Gasteiger charge is -2.64. The van der Waals surface area contributed by atoms with Gasteiger partial charge in [-0.05, 0) is 36.5 Å². The minimum atomic E-state index is 0.462. The van der Waals surface area contributed by atoms with Crippen LogP contribution in [-0.2, 0) is 0 Å². The van der Waals surface area contributed by atoms with Crippen molar-refractivity contribution < 1.29 is 0 Å². The lowest BCUT2D eigenvalue weighted by molar-refractivity contribution is 0.00983. The second kappa shape index (κ2) is 4.08. The van der Waals surface area contributed by atoms with E-state index in [4.69, 9.17) is 0 Å². The van der Waals surface area contributed by atoms with E-state index in [0.29, 0.717) is 30.1 Å². The highest BCUT2D eigenvalue weighted by Crippen LogP contribution is 2.68. The van der Waals surface area contributed by atoms with E-state index >= 15 is 0 Å². The van der Waals surface area contributed by atoms with Crippen LogP contribution in [0.1, 0.15) is 25.7 Å². The van der Waals surface area contributed by atoms with Crippen molar-refractivity contribution in [3.8, 4) is 0 Å². The molecule has 0 spiro atoms. The van der Waals surface area contributed by atoms with Crippen LogP contribution in [0.5, 0.6) is 0 Å². The molecule has 0 heterocycles. The fourth-order valence-corrected chi connectivity index (χ4v) is 6.77. The Hall–Kier alpha value is 1.66. The molecule has 3 aliphatic carbocycles. The summed E-state index contributed by atoms with van der Waals surface area (Å²) in [5.41, 5.74) is 0.924. The summed E-state index contributed by atoms with van der Waals surface area (Å²) in [4.78, 5) is 2.49. The SMILES string of the molecule is Br[C@@H]1CC23C=CC2(C[C@@H]1Br)C[C@H](Br)[C@H](Br)C3. The summed E-state index contributed by atoms with van der Waals surface area (Å²) in [5, 5.41) is 0. The molecule has 0 aromatic carbocycles. The quantitative estimate of drug-likeness (QED) is 0.333. The average molecular weight is 478 g/mol. The van der Waals surface area contributed by atoms with Gasteiger partial charge in [0.25, 0.3) is 0 Å². The molecule has 2 fully saturated rings. The number of halogens is 4. The van der Waals surface area contributed by atoms with Crippen LogP contribution in [0.3, 0.4) is 0 Å². The monoisotopic (exact) mass is 474 g/mol. The van der Waals surface area contributed by atoms with Crippen molar-refractivity contribution in [2.75, 3.05) is 0 Å². The van der Waals surface area contributed by atoms with Crippen molar-refractivity contribution in [1.29, 1.82) is 0 Å². The molecule has 0 radical (unpaired) electrons. The summed E-state index contributed by atoms with van der Waals surface area (Å²) in [6.45, 7) is 0. The first-order chi connectivity index (χ1) is 7.48. The zero-order valence-electron chi connectivity index (χ0n) is 8.80. The molecule has 4 heteroatoms. The Morgan fingerprint density at radius 1 is 0.625 bits per heavy atom. The average Bonchev–Trinajstić information content (AvgIpc) is 2.21. The van der Waals surface area contributed by atoms with Crippen LogP contribution in [0.4, 0.5) is 0 Å². The van der Waals surface area contributed by atoms with Crippen LogP contribution in [0.25, 0.3) is 0 Å². The van der Waals surface area contributed by atoms with Gasteiger partial charge in [0.2, 0.25) is 0 Å². The predicted molar refractivity (Wildman–Crippen MR) is 83.3 cm³/mol. The van der Waals surface area contributed by atoms with Crippen LogP contribution >= 0.6 is 63.7 Å². The van der Waals surface area contributed by atoms with E-state index in [2.05, 4.69) is 75.9 Å². The molecule has 0 saturated heterocycles. The summed E-state index contributed by atoms with van der Waals surface area (Å²) < 4.78 is 0. The van der Waals surface area contributed by atoms with Crippen LogP contribution in [0, 0.1) is 10.8 Å². The standard InChI is InChI=1S/C12H14Br4/c13-7-3-11-1-2-12(11,5-9(7)15)6-10(16)8(14)4-11/h1-2,7-10H,3-6H2/t7-,8-,9+,10+,11?,12?. The van der Waals surface area contributed by atoms with Gasteiger partial charge in [-0.1, -0.05) is 75.9 Å². The summed E-state index contributed by atoms with van der Waals surface area (Å²) in [5.74, 6) is 0. The third-order valence-electron chi connectivity index (χ3n) is 4.73. The highest BCUT2D eigenvalue weighted by Gasteiger charge is 2.62. The fourth-order valence-electron chi connectivity index (χ4n) is 3.71. The Kier molecular flexibility index (Phi) is 3.23. The van der Waals surface area contributed by atoms with Crippen molar-refractivity contribution in [2.24, 2.45) is 10.8 Å². The molecule has 16 heavy (non-hydrogen) atoms. The molecule has 3 aliphatic rings. The first-order valence-electron chi connectivity index (χ1n) is 5.75. The lowest BCUT2D eigenvalue weighted by Crippen LogP contribution is -2.59. The minimum absolute atomic E-state index is 0.462. The molecule has 4 atom stereocenters. The summed E-state index contributed by atoms with van der Waals surface area (Å²) in [7, 11) is 0. The number of hydrogen-bond acceptors (Lipinski definition) is 0. The zero-order chi connectivity index (χ0) is 11.6. The Bertz CT molecular complexity index is 286. The van der Waals surface area contributed by atoms with Gasteiger partial charge in [-0.15, -0.1) is 0 Å². The highest BCUT2D eigenvalue weighted by molar-refractivity contribution is 9.12. The van der Waals surface area contributed by atoms with E-state index in [0.717, 1.165) is 0 Å². The van der Waals surface area contributed by atoms with Crippen LogP contribution in [-0.4, -0.2) is 19.3 Å². The number of rotatable bonds is 0. The van der Waals surface area contributed by atoms with Gasteiger partial charge in [-0.25, -0.2) is 0 Å². The van der Waals surface area contributed by atoms with E-state index in [1.807, 2.05) is 0 Å². The molecule has 2 saturated carbocycles. The topological polar surface area (TPSA) is 0 Å². The van der Waals surface area contributed by atoms with E-state index in [-0.39, 0.29) is 0 Å². The molecule has 0 aromatic rings. The first-order valence-corrected chi connectivity index (χ1v) is 9.41. The molecular formula is C12H14Br4. The second-order valence-corrected chi connectivity index (χ2v) is 10.2. The Morgan fingerprint density at radius 2 is 0.875 bits per heavy atom. The molecule has 0 nitrogen and oxygen atoms in total. The van der Waals surface area contributed by atoms with Gasteiger partial charge in [0.05, 0.1) is 0 Å². The zero-order valence-corrected chi connectivity index (χ0v) is 15.1. The third-order valence-corrected chi connectivity index (χ3v) is 10.0. The normalized spacial score (nSPS) is 59.8. The lowest BCUT2D eigenvalue weighted by atomic mass is 9.44. The minimum Gasteiger partial charge on any atom is -0.0878 e. The van der Waals surface area contributed by atoms with Gasteiger partial charge >= 0.3 is 0 Å². The van der Waals surface area contributed by atoms with Gasteiger partial charge in [0, 0.05) is 19.3 Å². The van der Waals surface area contributed by atoms with Crippen LogP contribution < -0.4 is 0 Å². The molecule has 90 valence electrons. The Morgan fingerprint density at radius 3 is 1.06 bits per heavy atom. The van der Waals surface area contributed by atoms with Crippen molar-refractivity contribution in [3.63, 3.8) is 0 Å². The highest BCUT2D eigenvalue weighted by atomic mass is 79.9. The maximum atomic E-state index is 3.84. The Labute approximate surface area is 131 Å². The molecule has 0 N–H and O–H groups in total. The third kappa shape index (κ3) is 1.61. The van der Waals surface area contributed by atoms with Crippen molar-refractivity contribution >= 4 is 63.7 Å². The van der Waals surface area contributed by atoms with Crippen LogP contribution in [0.2, 0.25) is 0 Å². The number of alkyl halides is 4. The Balaban J connectivity index is 1.94. The molecule has 0 unspecified atom stereocenters. The molecule has 0 amide bonds. The fraction of sp³-hybridized carbons (Fsp3) is 0.833. The largest absolute Gasteiger partial charge is 0.0878 e. The van der Waals surface area contributed by atoms with Gasteiger partial charge in [-0.3, -0.25) is 0 Å². The molecule has 0 aliphatic heterocycles. The summed E-state index contributed by atoms with van der Waals surface area (Å²) in [6.07, 6.45) is 10.1. The van der Waals surface area contributed by atoms with Crippen molar-refractivity contribution in [2.45, 2.75) is 45.0 Å². The maximum absolute atomic E-state index is 3.84. The van der Waals surface area contributed by atoms with Crippen molar-refractivity contribution in [3.05, 3.63) is 12.2 Å². The van der Waals surface area contributed by atoms with E-state index in [9.17, 15) is 0 Å². The van der Waals surface area contributed by atoms with Gasteiger partial charge in [0.1, 0.15) is 0 Å². The molecular weight excluding hydrogens is 464 g/mol. The first kappa shape index (κ1) is 12.7. The smallest absolute Gasteiger partial charge is 0.0280 e. The molecule has 0 bridgehead atoms. The number of hydrogen-bond donors (Lipinski definition) is 0. The van der Waals surface area contributed by atoms with Crippen LogP contribution in [0.15, 0.2) is 12.2 Å². The van der Waals surface area contributed by atoms with E-state index < -0.39 is 0 Å². The second-order valence-electron chi connectivity index (χ2n) is 5.53. The maximum Gasteiger partial charge on any atom is 0.0280 e. The van der Waals surface area contributed by atoms with E-state index in [1.54, 1.807) is 0 Å². The number of allylic oxidation sites excluding steroid dienone is 2. The van der Waals surface area contributed by atoms with Gasteiger partial charge < -0.3 is 0 Å². The van der Waals surface area contributed by atoms with E-state index in [1.165, 1.54) is 25.7 Å².